The number of halogens is 2. The van der Waals surface area contributed by atoms with Crippen molar-refractivity contribution in [2.75, 3.05) is 11.4 Å². The average molecular weight is 387 g/mol. The molecule has 0 radical (unpaired) electrons. The van der Waals surface area contributed by atoms with Crippen molar-refractivity contribution in [2.45, 2.75) is 50.4 Å². The van der Waals surface area contributed by atoms with Gasteiger partial charge in [0.25, 0.3) is 5.72 Å². The zero-order valence-corrected chi connectivity index (χ0v) is 16.4. The molecule has 3 rings (SSSR count). The van der Waals surface area contributed by atoms with Crippen LogP contribution in [0, 0.1) is 0 Å². The van der Waals surface area contributed by atoms with Crippen LogP contribution in [0.5, 0.6) is 5.75 Å². The van der Waals surface area contributed by atoms with E-state index < -0.39 is 17.2 Å². The van der Waals surface area contributed by atoms with Gasteiger partial charge in [-0.1, -0.05) is 61.9 Å². The third-order valence-electron chi connectivity index (χ3n) is 5.49. The van der Waals surface area contributed by atoms with Crippen LogP contribution in [0.4, 0.5) is 14.5 Å². The lowest BCUT2D eigenvalue weighted by molar-refractivity contribution is -0.262. The maximum absolute atomic E-state index is 16.3. The second kappa shape index (κ2) is 7.55. The van der Waals surface area contributed by atoms with Gasteiger partial charge < -0.3 is 14.7 Å². The number of rotatable bonds is 8. The smallest absolute Gasteiger partial charge is 0.337 e. The second-order valence-corrected chi connectivity index (χ2v) is 7.37. The quantitative estimate of drug-likeness (QED) is 0.607. The molecule has 2 atom stereocenters. The molecule has 0 saturated carbocycles. The predicted octanol–water partition coefficient (Wildman–Crippen LogP) is 5.50. The number of hydrogen-bond acceptors (Lipinski definition) is 3. The number of nitrogens with zero attached hydrogens (tertiary/aromatic N) is 1. The number of aliphatic hydroxyl groups is 1. The molecule has 2 aromatic carbocycles. The van der Waals surface area contributed by atoms with Crippen LogP contribution >= 0.6 is 0 Å². The lowest BCUT2D eigenvalue weighted by Gasteiger charge is -2.48. The van der Waals surface area contributed by atoms with Gasteiger partial charge in [0.2, 0.25) is 0 Å². The molecule has 1 N–H and O–H groups in total. The molecule has 0 bridgehead atoms. The molecule has 3 nitrogen and oxygen atoms in total. The third kappa shape index (κ3) is 2.98. The molecule has 2 aromatic rings. The van der Waals surface area contributed by atoms with E-state index in [1.165, 1.54) is 12.1 Å². The number of para-hydroxylation sites is 2. The number of hydrogen-bond donors (Lipinski definition) is 1. The number of alkyl halides is 2. The molecule has 1 aliphatic rings. The van der Waals surface area contributed by atoms with E-state index >= 15 is 8.78 Å². The lowest BCUT2D eigenvalue weighted by atomic mass is 9.80. The zero-order valence-electron chi connectivity index (χ0n) is 16.4. The standard InChI is InChI=1S/C23H27F2NO2/c1-4-6-16-22(23(24,25)21(3,27)18-12-8-7-9-13-18)26(17-5-2)19-14-10-11-15-20(19)28-22/h5,7-15,27H,2,4,6,16-17H2,1,3H3. The summed E-state index contributed by atoms with van der Waals surface area (Å²) in [5.74, 6) is -3.22. The van der Waals surface area contributed by atoms with Gasteiger partial charge in [-0.2, -0.15) is 8.78 Å². The Bertz CT molecular complexity index is 822. The van der Waals surface area contributed by atoms with E-state index in [1.54, 1.807) is 53.4 Å². The molecular formula is C23H27F2NO2. The molecule has 150 valence electrons. The normalized spacial score (nSPS) is 21.0. The van der Waals surface area contributed by atoms with Crippen molar-refractivity contribution in [1.82, 2.24) is 0 Å². The van der Waals surface area contributed by atoms with E-state index in [9.17, 15) is 5.11 Å². The van der Waals surface area contributed by atoms with E-state index in [0.29, 0.717) is 17.9 Å². The largest absolute Gasteiger partial charge is 0.459 e. The van der Waals surface area contributed by atoms with Gasteiger partial charge in [0, 0.05) is 13.0 Å². The minimum Gasteiger partial charge on any atom is -0.459 e. The van der Waals surface area contributed by atoms with Crippen LogP contribution in [0.3, 0.4) is 0 Å². The fraction of sp³-hybridized carbons (Fsp3) is 0.391. The Kier molecular flexibility index (Phi) is 5.48. The molecule has 28 heavy (non-hydrogen) atoms. The van der Waals surface area contributed by atoms with E-state index in [4.69, 9.17) is 4.74 Å². The van der Waals surface area contributed by atoms with Gasteiger partial charge in [0.05, 0.1) is 5.69 Å². The van der Waals surface area contributed by atoms with Gasteiger partial charge >= 0.3 is 5.92 Å². The fourth-order valence-electron chi connectivity index (χ4n) is 3.89. The first kappa shape index (κ1) is 20.3. The molecule has 0 fully saturated rings. The van der Waals surface area contributed by atoms with Crippen molar-refractivity contribution >= 4 is 5.69 Å². The van der Waals surface area contributed by atoms with E-state index in [0.717, 1.165) is 13.3 Å². The van der Waals surface area contributed by atoms with Crippen LogP contribution in [-0.2, 0) is 5.60 Å². The van der Waals surface area contributed by atoms with Crippen molar-refractivity contribution in [2.24, 2.45) is 0 Å². The molecule has 0 aliphatic carbocycles. The second-order valence-electron chi connectivity index (χ2n) is 7.37. The summed E-state index contributed by atoms with van der Waals surface area (Å²) in [6.45, 7) is 7.03. The Morgan fingerprint density at radius 3 is 2.43 bits per heavy atom. The summed E-state index contributed by atoms with van der Waals surface area (Å²) in [5.41, 5.74) is -3.71. The summed E-state index contributed by atoms with van der Waals surface area (Å²) in [7, 11) is 0. The van der Waals surface area contributed by atoms with Crippen LogP contribution in [0.25, 0.3) is 0 Å². The average Bonchev–Trinajstić information content (AvgIpc) is 3.02. The highest BCUT2D eigenvalue weighted by Gasteiger charge is 2.70. The summed E-state index contributed by atoms with van der Waals surface area (Å²) < 4.78 is 38.5. The highest BCUT2D eigenvalue weighted by atomic mass is 19.3. The van der Waals surface area contributed by atoms with Crippen molar-refractivity contribution in [3.63, 3.8) is 0 Å². The van der Waals surface area contributed by atoms with Gasteiger partial charge in [0.1, 0.15) is 5.75 Å². The molecule has 2 unspecified atom stereocenters. The molecular weight excluding hydrogens is 360 g/mol. The van der Waals surface area contributed by atoms with Gasteiger partial charge in [0.15, 0.2) is 5.60 Å². The summed E-state index contributed by atoms with van der Waals surface area (Å²) in [5, 5.41) is 11.1. The van der Waals surface area contributed by atoms with Crippen LogP contribution in [-0.4, -0.2) is 23.3 Å². The van der Waals surface area contributed by atoms with Crippen LogP contribution in [0.2, 0.25) is 0 Å². The predicted molar refractivity (Wildman–Crippen MR) is 108 cm³/mol. The van der Waals surface area contributed by atoms with Crippen molar-refractivity contribution in [1.29, 1.82) is 0 Å². The Labute approximate surface area is 165 Å². The van der Waals surface area contributed by atoms with Crippen molar-refractivity contribution in [3.05, 3.63) is 72.8 Å². The van der Waals surface area contributed by atoms with Crippen LogP contribution in [0.15, 0.2) is 67.3 Å². The highest BCUT2D eigenvalue weighted by molar-refractivity contribution is 5.65. The number of unbranched alkanes of at least 4 members (excludes halogenated alkanes) is 1. The van der Waals surface area contributed by atoms with Crippen LogP contribution in [0.1, 0.15) is 38.7 Å². The molecule has 0 aromatic heterocycles. The van der Waals surface area contributed by atoms with Gasteiger partial charge in [-0.25, -0.2) is 0 Å². The molecule has 5 heteroatoms. The van der Waals surface area contributed by atoms with Crippen molar-refractivity contribution < 1.29 is 18.6 Å². The third-order valence-corrected chi connectivity index (χ3v) is 5.49. The van der Waals surface area contributed by atoms with E-state index in [2.05, 4.69) is 6.58 Å². The SMILES string of the molecule is C=CCN1c2ccccc2OC1(CCCC)C(F)(F)C(C)(O)c1ccccc1. The van der Waals surface area contributed by atoms with Gasteiger partial charge in [-0.05, 0) is 31.0 Å². The minimum atomic E-state index is -3.61. The minimum absolute atomic E-state index is 0.0714. The van der Waals surface area contributed by atoms with Gasteiger partial charge in [-0.3, -0.25) is 0 Å². The fourth-order valence-corrected chi connectivity index (χ4v) is 3.89. The zero-order chi connectivity index (χ0) is 20.4. The number of anilines is 1. The summed E-state index contributed by atoms with van der Waals surface area (Å²) in [4.78, 5) is 1.54. The highest BCUT2D eigenvalue weighted by Crippen LogP contribution is 2.56. The summed E-state index contributed by atoms with van der Waals surface area (Å²) in [6.07, 6.45) is 2.91. The maximum atomic E-state index is 16.3. The summed E-state index contributed by atoms with van der Waals surface area (Å²) in [6, 6.07) is 15.1. The topological polar surface area (TPSA) is 32.7 Å². The van der Waals surface area contributed by atoms with E-state index in [1.807, 2.05) is 6.92 Å². The number of benzene rings is 2. The van der Waals surface area contributed by atoms with Crippen molar-refractivity contribution in [3.8, 4) is 5.75 Å². The molecule has 0 saturated heterocycles. The molecule has 1 aliphatic heterocycles. The first-order valence-electron chi connectivity index (χ1n) is 9.64. The first-order valence-corrected chi connectivity index (χ1v) is 9.64. The molecule has 1 heterocycles. The number of ether oxygens (including phenoxy) is 1. The van der Waals surface area contributed by atoms with E-state index in [-0.39, 0.29) is 18.5 Å². The maximum Gasteiger partial charge on any atom is 0.337 e. The lowest BCUT2D eigenvalue weighted by Crippen LogP contribution is -2.68. The Morgan fingerprint density at radius 2 is 1.79 bits per heavy atom. The first-order chi connectivity index (χ1) is 13.3. The summed E-state index contributed by atoms with van der Waals surface area (Å²) >= 11 is 0. The Morgan fingerprint density at radius 1 is 1.14 bits per heavy atom. The Hall–Kier alpha value is -2.40. The van der Waals surface area contributed by atoms with Gasteiger partial charge in [-0.15, -0.1) is 6.58 Å². The Balaban J connectivity index is 2.17. The van der Waals surface area contributed by atoms with Crippen LogP contribution < -0.4 is 9.64 Å². The number of fused-ring (bicyclic) bond motifs is 1. The molecule has 0 spiro atoms. The molecule has 0 amide bonds. The monoisotopic (exact) mass is 387 g/mol.